The molecule has 2 amide bonds. The Kier molecular flexibility index (Phi) is 8.41. The number of carbonyl (C=O) groups is 2. The summed E-state index contributed by atoms with van der Waals surface area (Å²) in [6.07, 6.45) is -0.855. The number of aromatic nitrogens is 1. The number of nitro groups is 1. The van der Waals surface area contributed by atoms with Crippen LogP contribution in [-0.2, 0) is 9.47 Å². The van der Waals surface area contributed by atoms with Crippen molar-refractivity contribution in [3.05, 3.63) is 21.2 Å². The first kappa shape index (κ1) is 25.4. The first-order chi connectivity index (χ1) is 13.7. The van der Waals surface area contributed by atoms with Crippen LogP contribution in [0.15, 0.2) is 6.07 Å². The minimum absolute atomic E-state index is 0.0776. The van der Waals surface area contributed by atoms with Gasteiger partial charge in [-0.05, 0) is 48.0 Å². The van der Waals surface area contributed by atoms with Gasteiger partial charge in [0.2, 0.25) is 11.7 Å². The van der Waals surface area contributed by atoms with E-state index in [-0.39, 0.29) is 17.5 Å². The molecule has 0 spiro atoms. The van der Waals surface area contributed by atoms with Crippen molar-refractivity contribution in [1.29, 1.82) is 0 Å². The van der Waals surface area contributed by atoms with Gasteiger partial charge in [-0.3, -0.25) is 10.1 Å². The molecule has 0 saturated heterocycles. The van der Waals surface area contributed by atoms with Crippen molar-refractivity contribution >= 4 is 35.3 Å². The summed E-state index contributed by atoms with van der Waals surface area (Å²) >= 11 is 6.07. The van der Waals surface area contributed by atoms with Crippen molar-refractivity contribution in [2.75, 3.05) is 11.5 Å². The summed E-state index contributed by atoms with van der Waals surface area (Å²) in [7, 11) is 0. The summed E-state index contributed by atoms with van der Waals surface area (Å²) in [6.45, 7) is 11.7. The Morgan fingerprint density at radius 1 is 1.13 bits per heavy atom. The van der Waals surface area contributed by atoms with Gasteiger partial charge in [-0.15, -0.1) is 0 Å². The number of nitrogens with zero attached hydrogens (tertiary/aromatic N) is 3. The lowest BCUT2D eigenvalue weighted by Gasteiger charge is -2.28. The van der Waals surface area contributed by atoms with E-state index in [9.17, 15) is 19.7 Å². The van der Waals surface area contributed by atoms with E-state index in [1.165, 1.54) is 0 Å². The van der Waals surface area contributed by atoms with Crippen LogP contribution < -0.4 is 9.64 Å². The third-order valence-corrected chi connectivity index (χ3v) is 3.49. The van der Waals surface area contributed by atoms with Gasteiger partial charge in [0.15, 0.2) is 0 Å². The number of amides is 2. The lowest BCUT2D eigenvalue weighted by atomic mass is 10.2. The van der Waals surface area contributed by atoms with Gasteiger partial charge in [-0.2, -0.15) is 9.88 Å². The fraction of sp³-hybridized carbons (Fsp3) is 0.632. The van der Waals surface area contributed by atoms with Crippen LogP contribution in [0.2, 0.25) is 5.02 Å². The van der Waals surface area contributed by atoms with Crippen LogP contribution in [0.25, 0.3) is 0 Å². The zero-order chi connectivity index (χ0) is 23.3. The number of anilines is 1. The Bertz CT molecular complexity index is 773. The predicted octanol–water partition coefficient (Wildman–Crippen LogP) is 5.50. The number of hydrogen-bond acceptors (Lipinski definition) is 8. The van der Waals surface area contributed by atoms with Gasteiger partial charge in [-0.25, -0.2) is 9.59 Å². The molecule has 0 radical (unpaired) electrons. The lowest BCUT2D eigenvalue weighted by molar-refractivity contribution is -0.384. The maximum Gasteiger partial charge on any atom is 0.426 e. The van der Waals surface area contributed by atoms with E-state index in [0.717, 1.165) is 12.5 Å². The minimum Gasteiger partial charge on any atom is -0.478 e. The number of pyridine rings is 1. The number of unbranched alkanes of at least 4 members (excludes halogenated alkanes) is 1. The van der Waals surface area contributed by atoms with Crippen LogP contribution in [0.3, 0.4) is 0 Å². The number of rotatable bonds is 6. The lowest BCUT2D eigenvalue weighted by Crippen LogP contribution is -2.44. The molecule has 11 heteroatoms. The normalized spacial score (nSPS) is 11.6. The second kappa shape index (κ2) is 9.92. The van der Waals surface area contributed by atoms with Gasteiger partial charge in [0, 0.05) is 6.07 Å². The van der Waals surface area contributed by atoms with Crippen molar-refractivity contribution < 1.29 is 28.7 Å². The highest BCUT2D eigenvalue weighted by atomic mass is 35.5. The molecule has 1 rings (SSSR count). The highest BCUT2D eigenvalue weighted by Crippen LogP contribution is 2.37. The molecule has 0 unspecified atom stereocenters. The van der Waals surface area contributed by atoms with Crippen LogP contribution in [0.1, 0.15) is 61.3 Å². The van der Waals surface area contributed by atoms with Crippen LogP contribution in [0, 0.1) is 10.1 Å². The molecule has 30 heavy (non-hydrogen) atoms. The molecule has 1 heterocycles. The zero-order valence-electron chi connectivity index (χ0n) is 18.3. The van der Waals surface area contributed by atoms with Crippen LogP contribution >= 0.6 is 11.6 Å². The predicted molar refractivity (Wildman–Crippen MR) is 111 cm³/mol. The molecule has 0 bridgehead atoms. The molecule has 0 aliphatic rings. The topological polar surface area (TPSA) is 121 Å². The SMILES string of the molecule is CCCCOc1cc(Cl)c([N+](=O)[O-])c(N(C(=O)OC(C)(C)C)C(=O)OC(C)(C)C)n1. The van der Waals surface area contributed by atoms with E-state index in [2.05, 4.69) is 4.98 Å². The molecular weight excluding hydrogens is 418 g/mol. The van der Waals surface area contributed by atoms with Crippen LogP contribution in [-0.4, -0.2) is 39.9 Å². The molecule has 168 valence electrons. The smallest absolute Gasteiger partial charge is 0.426 e. The molecule has 0 atom stereocenters. The Balaban J connectivity index is 3.59. The maximum atomic E-state index is 12.8. The number of hydrogen-bond donors (Lipinski definition) is 0. The molecule has 1 aromatic rings. The van der Waals surface area contributed by atoms with Crippen molar-refractivity contribution in [2.45, 2.75) is 72.5 Å². The molecule has 0 saturated carbocycles. The highest BCUT2D eigenvalue weighted by Gasteiger charge is 2.39. The standard InChI is InChI=1S/C19H28ClN3O7/c1-8-9-10-28-13-11-12(20)14(23(26)27)15(21-13)22(16(24)29-18(2,3)4)17(25)30-19(5,6)7/h11H,8-10H2,1-7H3. The molecule has 0 aliphatic carbocycles. The Labute approximate surface area is 180 Å². The third-order valence-electron chi connectivity index (χ3n) is 3.20. The van der Waals surface area contributed by atoms with Gasteiger partial charge in [0.1, 0.15) is 16.2 Å². The monoisotopic (exact) mass is 445 g/mol. The minimum atomic E-state index is -1.20. The number of carbonyl (C=O) groups excluding carboxylic acids is 2. The summed E-state index contributed by atoms with van der Waals surface area (Å²) in [5.41, 5.74) is -2.74. The van der Waals surface area contributed by atoms with Gasteiger partial charge >= 0.3 is 17.9 Å². The molecule has 10 nitrogen and oxygen atoms in total. The van der Waals surface area contributed by atoms with Gasteiger partial charge in [0.05, 0.1) is 11.5 Å². The van der Waals surface area contributed by atoms with Gasteiger partial charge < -0.3 is 14.2 Å². The van der Waals surface area contributed by atoms with Crippen LogP contribution in [0.4, 0.5) is 21.1 Å². The second-order valence-electron chi connectivity index (χ2n) is 8.37. The molecule has 1 aromatic heterocycles. The summed E-state index contributed by atoms with van der Waals surface area (Å²) in [5.74, 6) is -0.728. The quantitative estimate of drug-likeness (QED) is 0.319. The van der Waals surface area contributed by atoms with Crippen molar-refractivity contribution in [1.82, 2.24) is 4.98 Å². The zero-order valence-corrected chi connectivity index (χ0v) is 19.0. The molecule has 0 N–H and O–H groups in total. The molecule has 0 aromatic carbocycles. The van der Waals surface area contributed by atoms with Gasteiger partial charge in [-0.1, -0.05) is 24.9 Å². The van der Waals surface area contributed by atoms with E-state index < -0.39 is 39.8 Å². The summed E-state index contributed by atoms with van der Waals surface area (Å²) in [4.78, 5) is 40.8. The van der Waals surface area contributed by atoms with E-state index in [1.807, 2.05) is 6.92 Å². The first-order valence-electron chi connectivity index (χ1n) is 9.40. The second-order valence-corrected chi connectivity index (χ2v) is 8.78. The van der Waals surface area contributed by atoms with Crippen molar-refractivity contribution in [2.24, 2.45) is 0 Å². The molecule has 0 aliphatic heterocycles. The number of imide groups is 1. The van der Waals surface area contributed by atoms with E-state index >= 15 is 0 Å². The average Bonchev–Trinajstić information content (AvgIpc) is 2.50. The maximum absolute atomic E-state index is 12.8. The summed E-state index contributed by atoms with van der Waals surface area (Å²) in [6, 6.07) is 1.15. The fourth-order valence-corrected chi connectivity index (χ4v) is 2.30. The van der Waals surface area contributed by atoms with Crippen molar-refractivity contribution in [3.8, 4) is 5.88 Å². The Hall–Kier alpha value is -2.62. The average molecular weight is 446 g/mol. The molecule has 0 fully saturated rings. The van der Waals surface area contributed by atoms with E-state index in [0.29, 0.717) is 11.3 Å². The summed E-state index contributed by atoms with van der Waals surface area (Å²) < 4.78 is 16.0. The summed E-state index contributed by atoms with van der Waals surface area (Å²) in [5, 5.41) is 11.3. The van der Waals surface area contributed by atoms with E-state index in [1.54, 1.807) is 41.5 Å². The molecular formula is C19H28ClN3O7. The highest BCUT2D eigenvalue weighted by molar-refractivity contribution is 6.33. The van der Waals surface area contributed by atoms with Crippen molar-refractivity contribution in [3.63, 3.8) is 0 Å². The first-order valence-corrected chi connectivity index (χ1v) is 9.78. The largest absolute Gasteiger partial charge is 0.478 e. The Morgan fingerprint density at radius 2 is 1.63 bits per heavy atom. The Morgan fingerprint density at radius 3 is 2.03 bits per heavy atom. The van der Waals surface area contributed by atoms with E-state index in [4.69, 9.17) is 25.8 Å². The number of ether oxygens (including phenoxy) is 3. The third kappa shape index (κ3) is 7.66. The number of halogens is 1. The van der Waals surface area contributed by atoms with Gasteiger partial charge in [0.25, 0.3) is 0 Å². The van der Waals surface area contributed by atoms with Crippen LogP contribution in [0.5, 0.6) is 5.88 Å². The fourth-order valence-electron chi connectivity index (χ4n) is 2.06.